The first-order chi connectivity index (χ1) is 15.5. The first-order valence-corrected chi connectivity index (χ1v) is 12.6. The van der Waals surface area contributed by atoms with Gasteiger partial charge in [-0.1, -0.05) is 30.1 Å². The van der Waals surface area contributed by atoms with Crippen molar-refractivity contribution < 1.29 is 9.59 Å². The molecule has 0 aliphatic rings. The van der Waals surface area contributed by atoms with Crippen LogP contribution in [0.25, 0.3) is 11.3 Å². The van der Waals surface area contributed by atoms with Crippen LogP contribution in [-0.2, 0) is 0 Å². The van der Waals surface area contributed by atoms with Gasteiger partial charge in [-0.15, -0.1) is 22.7 Å². The van der Waals surface area contributed by atoms with Gasteiger partial charge in [-0.05, 0) is 43.3 Å². The van der Waals surface area contributed by atoms with E-state index in [2.05, 4.69) is 20.3 Å². The number of nitrogens with one attached hydrogen (secondary N) is 3. The van der Waals surface area contributed by atoms with E-state index in [-0.39, 0.29) is 11.8 Å². The summed E-state index contributed by atoms with van der Waals surface area (Å²) >= 11 is 4.30. The Morgan fingerprint density at radius 2 is 1.59 bits per heavy atom. The number of rotatable bonds is 7. The van der Waals surface area contributed by atoms with Crippen LogP contribution in [0.5, 0.6) is 0 Å². The fourth-order valence-electron chi connectivity index (χ4n) is 3.00. The number of thiazole rings is 1. The maximum absolute atomic E-state index is 12.7. The van der Waals surface area contributed by atoms with Crippen molar-refractivity contribution >= 4 is 63.5 Å². The fraction of sp³-hybridized carbons (Fsp3) is 0.0870. The molecule has 0 fully saturated rings. The molecule has 0 unspecified atom stereocenters. The molecular formula is C23H20N4O2S3. The zero-order valence-electron chi connectivity index (χ0n) is 17.3. The Bertz CT molecular complexity index is 1270. The Kier molecular flexibility index (Phi) is 6.89. The third kappa shape index (κ3) is 5.37. The highest BCUT2D eigenvalue weighted by molar-refractivity contribution is 7.99. The van der Waals surface area contributed by atoms with Crippen molar-refractivity contribution in [1.29, 1.82) is 0 Å². The van der Waals surface area contributed by atoms with Crippen LogP contribution in [0.3, 0.4) is 0 Å². The summed E-state index contributed by atoms with van der Waals surface area (Å²) in [5.74, 6) is -0.519. The molecule has 2 aromatic heterocycles. The molecule has 0 aliphatic heterocycles. The molecule has 3 N–H and O–H groups in total. The minimum Gasteiger partial charge on any atom is -0.330 e. The number of aromatic nitrogens is 1. The van der Waals surface area contributed by atoms with Gasteiger partial charge in [0.25, 0.3) is 11.8 Å². The van der Waals surface area contributed by atoms with Gasteiger partial charge in [0.2, 0.25) is 0 Å². The number of aryl methyl sites for hydroxylation is 1. The highest BCUT2D eigenvalue weighted by Gasteiger charge is 2.15. The summed E-state index contributed by atoms with van der Waals surface area (Å²) in [6.45, 7) is 1.96. The fourth-order valence-corrected chi connectivity index (χ4v) is 4.77. The van der Waals surface area contributed by atoms with Gasteiger partial charge in [-0.3, -0.25) is 9.59 Å². The van der Waals surface area contributed by atoms with E-state index in [1.807, 2.05) is 67.1 Å². The summed E-state index contributed by atoms with van der Waals surface area (Å²) in [6.07, 6.45) is 1.93. The number of benzene rings is 2. The van der Waals surface area contributed by atoms with Gasteiger partial charge in [0.15, 0.2) is 0 Å². The molecule has 2 heterocycles. The Morgan fingerprint density at radius 3 is 2.34 bits per heavy atom. The second-order valence-electron chi connectivity index (χ2n) is 6.83. The smallest absolute Gasteiger partial charge is 0.265 e. The monoisotopic (exact) mass is 480 g/mol. The second-order valence-corrected chi connectivity index (χ2v) is 9.41. The quantitative estimate of drug-likeness (QED) is 0.268. The van der Waals surface area contributed by atoms with Gasteiger partial charge in [0.05, 0.1) is 21.1 Å². The SMILES string of the molecule is CSNc1cccc(NC(=O)c2cc(C(=O)Nc3cccc(-c4csc(C)n4)c3)cs2)c1. The van der Waals surface area contributed by atoms with E-state index >= 15 is 0 Å². The van der Waals surface area contributed by atoms with Crippen LogP contribution < -0.4 is 15.4 Å². The molecule has 2 amide bonds. The van der Waals surface area contributed by atoms with Crippen molar-refractivity contribution in [2.24, 2.45) is 0 Å². The lowest BCUT2D eigenvalue weighted by Crippen LogP contribution is -2.12. The van der Waals surface area contributed by atoms with Gasteiger partial charge in [0, 0.05) is 39.6 Å². The Labute approximate surface area is 198 Å². The molecule has 6 nitrogen and oxygen atoms in total. The van der Waals surface area contributed by atoms with Crippen molar-refractivity contribution in [1.82, 2.24) is 4.98 Å². The third-order valence-electron chi connectivity index (χ3n) is 4.46. The molecule has 0 atom stereocenters. The lowest BCUT2D eigenvalue weighted by molar-refractivity contribution is 0.102. The minimum atomic E-state index is -0.266. The van der Waals surface area contributed by atoms with E-state index in [4.69, 9.17) is 0 Å². The summed E-state index contributed by atoms with van der Waals surface area (Å²) in [6, 6.07) is 16.6. The average Bonchev–Trinajstić information content (AvgIpc) is 3.44. The molecular weight excluding hydrogens is 460 g/mol. The predicted molar refractivity (Wildman–Crippen MR) is 136 cm³/mol. The molecule has 0 saturated heterocycles. The van der Waals surface area contributed by atoms with Crippen molar-refractivity contribution in [2.45, 2.75) is 6.92 Å². The third-order valence-corrected chi connectivity index (χ3v) is 6.60. The summed E-state index contributed by atoms with van der Waals surface area (Å²) in [5.41, 5.74) is 4.52. The average molecular weight is 481 g/mol. The molecule has 4 aromatic rings. The van der Waals surface area contributed by atoms with Crippen LogP contribution in [0.4, 0.5) is 17.1 Å². The standard InChI is InChI=1S/C23H20N4O2S3/c1-14-24-20(13-31-14)15-5-3-6-17(9-15)25-22(28)16-10-21(32-12-16)23(29)26-18-7-4-8-19(11-18)27-30-2/h3-13,27H,1-2H3,(H,25,28)(H,26,29). The van der Waals surface area contributed by atoms with E-state index in [9.17, 15) is 9.59 Å². The maximum atomic E-state index is 12.7. The lowest BCUT2D eigenvalue weighted by atomic mass is 10.1. The normalized spacial score (nSPS) is 10.6. The Hall–Kier alpha value is -3.14. The molecule has 4 rings (SSSR count). The van der Waals surface area contributed by atoms with Crippen LogP contribution in [0.15, 0.2) is 65.4 Å². The first kappa shape index (κ1) is 22.1. The lowest BCUT2D eigenvalue weighted by Gasteiger charge is -2.07. The molecule has 32 heavy (non-hydrogen) atoms. The molecule has 0 saturated carbocycles. The van der Waals surface area contributed by atoms with Gasteiger partial charge in [-0.25, -0.2) is 4.98 Å². The summed E-state index contributed by atoms with van der Waals surface area (Å²) in [4.78, 5) is 30.3. The summed E-state index contributed by atoms with van der Waals surface area (Å²) < 4.78 is 3.13. The zero-order chi connectivity index (χ0) is 22.5. The van der Waals surface area contributed by atoms with Crippen molar-refractivity contribution in [3.8, 4) is 11.3 Å². The van der Waals surface area contributed by atoms with Gasteiger partial charge in [0.1, 0.15) is 0 Å². The Balaban J connectivity index is 1.42. The Morgan fingerprint density at radius 1 is 0.875 bits per heavy atom. The van der Waals surface area contributed by atoms with Gasteiger partial charge >= 0.3 is 0 Å². The molecule has 162 valence electrons. The number of hydrogen-bond acceptors (Lipinski definition) is 7. The molecule has 0 aliphatic carbocycles. The van der Waals surface area contributed by atoms with Crippen molar-refractivity contribution in [2.75, 3.05) is 21.6 Å². The van der Waals surface area contributed by atoms with Crippen LogP contribution in [-0.4, -0.2) is 23.1 Å². The van der Waals surface area contributed by atoms with Gasteiger partial charge < -0.3 is 15.4 Å². The van der Waals surface area contributed by atoms with Gasteiger partial charge in [-0.2, -0.15) is 0 Å². The summed E-state index contributed by atoms with van der Waals surface area (Å²) in [5, 5.41) is 10.4. The van der Waals surface area contributed by atoms with Crippen LogP contribution >= 0.6 is 34.6 Å². The maximum Gasteiger partial charge on any atom is 0.265 e. The number of anilines is 3. The van der Waals surface area contributed by atoms with Crippen LogP contribution in [0.1, 0.15) is 25.0 Å². The van der Waals surface area contributed by atoms with E-state index in [0.29, 0.717) is 21.8 Å². The van der Waals surface area contributed by atoms with Crippen molar-refractivity contribution in [3.05, 3.63) is 80.8 Å². The van der Waals surface area contributed by atoms with E-state index in [1.54, 1.807) is 22.8 Å². The predicted octanol–water partition coefficient (Wildman–Crippen LogP) is 6.37. The minimum absolute atomic E-state index is 0.253. The first-order valence-electron chi connectivity index (χ1n) is 9.64. The largest absolute Gasteiger partial charge is 0.330 e. The number of carbonyl (C=O) groups is 2. The molecule has 0 radical (unpaired) electrons. The van der Waals surface area contributed by atoms with E-state index in [1.165, 1.54) is 23.3 Å². The topological polar surface area (TPSA) is 83.1 Å². The summed E-state index contributed by atoms with van der Waals surface area (Å²) in [7, 11) is 0. The number of hydrogen-bond donors (Lipinski definition) is 3. The highest BCUT2D eigenvalue weighted by Crippen LogP contribution is 2.25. The highest BCUT2D eigenvalue weighted by atomic mass is 32.2. The number of thiophene rings is 1. The zero-order valence-corrected chi connectivity index (χ0v) is 19.8. The van der Waals surface area contributed by atoms with Crippen molar-refractivity contribution in [3.63, 3.8) is 0 Å². The molecule has 0 spiro atoms. The second kappa shape index (κ2) is 9.99. The molecule has 9 heteroatoms. The number of nitrogens with zero attached hydrogens (tertiary/aromatic N) is 1. The number of carbonyl (C=O) groups excluding carboxylic acids is 2. The molecule has 2 aromatic carbocycles. The van der Waals surface area contributed by atoms with Crippen LogP contribution in [0.2, 0.25) is 0 Å². The van der Waals surface area contributed by atoms with E-state index in [0.717, 1.165) is 22.0 Å². The van der Waals surface area contributed by atoms with Crippen LogP contribution in [0, 0.1) is 6.92 Å². The molecule has 0 bridgehead atoms. The number of amides is 2. The van der Waals surface area contributed by atoms with E-state index < -0.39 is 0 Å².